The fourth-order valence-corrected chi connectivity index (χ4v) is 2.08. The van der Waals surface area contributed by atoms with Crippen LogP contribution in [0, 0.1) is 5.82 Å². The molecule has 1 amide bonds. The van der Waals surface area contributed by atoms with Gasteiger partial charge >= 0.3 is 0 Å². The first-order valence-corrected chi connectivity index (χ1v) is 6.71. The Morgan fingerprint density at radius 2 is 1.74 bits per heavy atom. The minimum atomic E-state index is -0.278. The van der Waals surface area contributed by atoms with Crippen LogP contribution in [0.3, 0.4) is 0 Å². The first-order chi connectivity index (χ1) is 9.24. The number of hydrogen-bond acceptors (Lipinski definition) is 3. The monoisotopic (exact) mass is 276 g/mol. The van der Waals surface area contributed by atoms with Crippen LogP contribution in [0.2, 0.25) is 0 Å². The molecule has 0 radical (unpaired) electrons. The molecule has 0 saturated heterocycles. The van der Waals surface area contributed by atoms with Crippen LogP contribution in [-0.2, 0) is 4.79 Å². The Labute approximate surface area is 115 Å². The molecule has 0 bridgehead atoms. The van der Waals surface area contributed by atoms with Gasteiger partial charge in [0.1, 0.15) is 5.82 Å². The van der Waals surface area contributed by atoms with Crippen molar-refractivity contribution in [2.45, 2.75) is 4.90 Å². The van der Waals surface area contributed by atoms with Gasteiger partial charge in [-0.15, -0.1) is 11.8 Å². The highest BCUT2D eigenvalue weighted by molar-refractivity contribution is 8.00. The Morgan fingerprint density at radius 3 is 2.42 bits per heavy atom. The molecule has 19 heavy (non-hydrogen) atoms. The van der Waals surface area contributed by atoms with Crippen LogP contribution in [0.15, 0.2) is 59.5 Å². The smallest absolute Gasteiger partial charge is 0.248 e. The lowest BCUT2D eigenvalue weighted by molar-refractivity contribution is -0.118. The summed E-state index contributed by atoms with van der Waals surface area (Å²) in [7, 11) is 0. The second-order valence-corrected chi connectivity index (χ2v) is 4.83. The van der Waals surface area contributed by atoms with Gasteiger partial charge in [0.25, 0.3) is 0 Å². The minimum absolute atomic E-state index is 0.141. The number of halogens is 1. The van der Waals surface area contributed by atoms with Gasteiger partial charge in [-0.3, -0.25) is 15.6 Å². The molecule has 2 aromatic carbocycles. The number of rotatable bonds is 5. The number of nitrogens with one attached hydrogen (secondary N) is 2. The molecule has 0 aliphatic heterocycles. The summed E-state index contributed by atoms with van der Waals surface area (Å²) in [5, 5.41) is 0. The van der Waals surface area contributed by atoms with Gasteiger partial charge in [0, 0.05) is 4.90 Å². The summed E-state index contributed by atoms with van der Waals surface area (Å²) in [5.74, 6) is -0.149. The molecule has 0 heterocycles. The number of carbonyl (C=O) groups is 1. The zero-order valence-electron chi connectivity index (χ0n) is 10.1. The van der Waals surface area contributed by atoms with Crippen molar-refractivity contribution in [2.24, 2.45) is 0 Å². The highest BCUT2D eigenvalue weighted by atomic mass is 32.2. The number of thioether (sulfide) groups is 1. The maximum absolute atomic E-state index is 12.7. The van der Waals surface area contributed by atoms with Gasteiger partial charge in [-0.25, -0.2) is 4.39 Å². The zero-order chi connectivity index (χ0) is 13.5. The van der Waals surface area contributed by atoms with Gasteiger partial charge in [0.05, 0.1) is 11.4 Å². The van der Waals surface area contributed by atoms with E-state index in [1.165, 1.54) is 23.9 Å². The van der Waals surface area contributed by atoms with Crippen molar-refractivity contribution in [1.82, 2.24) is 5.43 Å². The lowest BCUT2D eigenvalue weighted by Crippen LogP contribution is -2.30. The molecular weight excluding hydrogens is 263 g/mol. The second-order valence-electron chi connectivity index (χ2n) is 3.78. The molecule has 0 spiro atoms. The van der Waals surface area contributed by atoms with Gasteiger partial charge in [-0.1, -0.05) is 18.2 Å². The van der Waals surface area contributed by atoms with E-state index in [1.54, 1.807) is 12.1 Å². The van der Waals surface area contributed by atoms with Crippen LogP contribution in [0.4, 0.5) is 10.1 Å². The molecule has 2 rings (SSSR count). The van der Waals surface area contributed by atoms with Gasteiger partial charge in [0.2, 0.25) is 5.91 Å². The van der Waals surface area contributed by atoms with Gasteiger partial charge in [-0.2, -0.15) is 0 Å². The highest BCUT2D eigenvalue weighted by Crippen LogP contribution is 2.17. The first kappa shape index (κ1) is 13.4. The van der Waals surface area contributed by atoms with Crippen molar-refractivity contribution in [3.63, 3.8) is 0 Å². The second kappa shape index (κ2) is 6.80. The molecular formula is C14H13FN2OS. The van der Waals surface area contributed by atoms with Crippen LogP contribution < -0.4 is 10.9 Å². The third-order valence-corrected chi connectivity index (χ3v) is 3.32. The van der Waals surface area contributed by atoms with Crippen molar-refractivity contribution in [2.75, 3.05) is 11.2 Å². The summed E-state index contributed by atoms with van der Waals surface area (Å²) < 4.78 is 12.7. The lowest BCUT2D eigenvalue weighted by atomic mass is 10.3. The third-order valence-electron chi connectivity index (χ3n) is 2.30. The molecule has 98 valence electrons. The third kappa shape index (κ3) is 4.63. The van der Waals surface area contributed by atoms with E-state index in [9.17, 15) is 9.18 Å². The molecule has 0 saturated carbocycles. The van der Waals surface area contributed by atoms with E-state index in [4.69, 9.17) is 0 Å². The van der Waals surface area contributed by atoms with Gasteiger partial charge < -0.3 is 0 Å². The van der Waals surface area contributed by atoms with E-state index in [2.05, 4.69) is 10.9 Å². The molecule has 0 atom stereocenters. The Balaban J connectivity index is 1.74. The van der Waals surface area contributed by atoms with Crippen LogP contribution >= 0.6 is 11.8 Å². The molecule has 2 N–H and O–H groups in total. The van der Waals surface area contributed by atoms with Crippen molar-refractivity contribution in [1.29, 1.82) is 0 Å². The number of carbonyl (C=O) groups excluding carboxylic acids is 1. The Bertz CT molecular complexity index is 531. The van der Waals surface area contributed by atoms with E-state index in [-0.39, 0.29) is 17.5 Å². The standard InChI is InChI=1S/C14H13FN2OS/c15-11-6-8-13(9-7-11)19-10-14(18)17-16-12-4-2-1-3-5-12/h1-9,16H,10H2,(H,17,18). The Hall–Kier alpha value is -2.01. The lowest BCUT2D eigenvalue weighted by Gasteiger charge is -2.08. The quantitative estimate of drug-likeness (QED) is 0.651. The molecule has 5 heteroatoms. The SMILES string of the molecule is O=C(CSc1ccc(F)cc1)NNc1ccccc1. The topological polar surface area (TPSA) is 41.1 Å². The van der Waals surface area contributed by atoms with Gasteiger partial charge in [-0.05, 0) is 36.4 Å². The number of anilines is 1. The molecule has 0 aliphatic rings. The fraction of sp³-hybridized carbons (Fsp3) is 0.0714. The number of benzene rings is 2. The van der Waals surface area contributed by atoms with E-state index in [0.29, 0.717) is 0 Å². The largest absolute Gasteiger partial charge is 0.299 e. The van der Waals surface area contributed by atoms with Crippen molar-refractivity contribution >= 4 is 23.4 Å². The number of hydrogen-bond donors (Lipinski definition) is 2. The number of hydrazine groups is 1. The minimum Gasteiger partial charge on any atom is -0.299 e. The predicted octanol–water partition coefficient (Wildman–Crippen LogP) is 3.06. The van der Waals surface area contributed by atoms with Crippen LogP contribution in [0.1, 0.15) is 0 Å². The van der Waals surface area contributed by atoms with Crippen molar-refractivity contribution < 1.29 is 9.18 Å². The summed E-state index contributed by atoms with van der Waals surface area (Å²) in [4.78, 5) is 12.4. The molecule has 0 unspecified atom stereocenters. The predicted molar refractivity (Wildman–Crippen MR) is 75.3 cm³/mol. The average molecular weight is 276 g/mol. The summed E-state index contributed by atoms with van der Waals surface area (Å²) in [6.07, 6.45) is 0. The maximum atomic E-state index is 12.7. The fourth-order valence-electron chi connectivity index (χ4n) is 1.38. The van der Waals surface area contributed by atoms with Crippen molar-refractivity contribution in [3.8, 4) is 0 Å². The number of amides is 1. The maximum Gasteiger partial charge on any atom is 0.248 e. The molecule has 0 aliphatic carbocycles. The molecule has 0 aromatic heterocycles. The summed E-state index contributed by atoms with van der Waals surface area (Å²) >= 11 is 1.35. The van der Waals surface area contributed by atoms with E-state index < -0.39 is 0 Å². The summed E-state index contributed by atoms with van der Waals surface area (Å²) in [5.41, 5.74) is 6.24. The van der Waals surface area contributed by atoms with E-state index in [1.807, 2.05) is 30.3 Å². The summed E-state index contributed by atoms with van der Waals surface area (Å²) in [6.45, 7) is 0. The zero-order valence-corrected chi connectivity index (χ0v) is 10.9. The average Bonchev–Trinajstić information content (AvgIpc) is 2.45. The summed E-state index contributed by atoms with van der Waals surface area (Å²) in [6, 6.07) is 15.4. The van der Waals surface area contributed by atoms with Crippen LogP contribution in [0.5, 0.6) is 0 Å². The Morgan fingerprint density at radius 1 is 1.05 bits per heavy atom. The van der Waals surface area contributed by atoms with Gasteiger partial charge in [0.15, 0.2) is 0 Å². The van der Waals surface area contributed by atoms with Crippen molar-refractivity contribution in [3.05, 3.63) is 60.4 Å². The normalized spacial score (nSPS) is 9.95. The molecule has 2 aromatic rings. The highest BCUT2D eigenvalue weighted by Gasteiger charge is 2.02. The molecule has 3 nitrogen and oxygen atoms in total. The molecule has 0 fully saturated rings. The van der Waals surface area contributed by atoms with Crippen LogP contribution in [0.25, 0.3) is 0 Å². The van der Waals surface area contributed by atoms with Crippen LogP contribution in [-0.4, -0.2) is 11.7 Å². The van der Waals surface area contributed by atoms with E-state index >= 15 is 0 Å². The van der Waals surface area contributed by atoms with E-state index in [0.717, 1.165) is 10.6 Å². The number of para-hydroxylation sites is 1. The first-order valence-electron chi connectivity index (χ1n) is 5.72. The Kier molecular flexibility index (Phi) is 4.80.